The van der Waals surface area contributed by atoms with E-state index in [1.807, 2.05) is 19.1 Å². The van der Waals surface area contributed by atoms with Crippen LogP contribution < -0.4 is 5.73 Å². The minimum atomic E-state index is 0.0775. The Morgan fingerprint density at radius 3 is 2.83 bits per heavy atom. The Balaban J connectivity index is 2.11. The first kappa shape index (κ1) is 7.83. The van der Waals surface area contributed by atoms with Gasteiger partial charge in [-0.05, 0) is 25.5 Å². The molecule has 3 nitrogen and oxygen atoms in total. The van der Waals surface area contributed by atoms with Gasteiger partial charge in [-0.2, -0.15) is 0 Å². The Morgan fingerprint density at radius 1 is 1.50 bits per heavy atom. The Labute approximate surface area is 71.5 Å². The Morgan fingerprint density at radius 2 is 2.33 bits per heavy atom. The zero-order valence-corrected chi connectivity index (χ0v) is 7.12. The molecule has 0 spiro atoms. The molecule has 0 aromatic carbocycles. The van der Waals surface area contributed by atoms with Gasteiger partial charge in [0.25, 0.3) is 0 Å². The van der Waals surface area contributed by atoms with Crippen LogP contribution in [0.3, 0.4) is 0 Å². The average molecular weight is 167 g/mol. The van der Waals surface area contributed by atoms with Gasteiger partial charge in [-0.1, -0.05) is 0 Å². The van der Waals surface area contributed by atoms with Crippen LogP contribution >= 0.6 is 0 Å². The summed E-state index contributed by atoms with van der Waals surface area (Å²) in [7, 11) is 0. The highest BCUT2D eigenvalue weighted by atomic mass is 16.5. The summed E-state index contributed by atoms with van der Waals surface area (Å²) in [5, 5.41) is 0. The van der Waals surface area contributed by atoms with Gasteiger partial charge in [-0.25, -0.2) is 0 Å². The predicted molar refractivity (Wildman–Crippen MR) is 44.7 cm³/mol. The molecule has 2 atom stereocenters. The van der Waals surface area contributed by atoms with Crippen molar-refractivity contribution in [3.8, 4) is 0 Å². The third kappa shape index (κ3) is 1.38. The van der Waals surface area contributed by atoms with E-state index in [1.54, 1.807) is 0 Å². The topological polar surface area (TPSA) is 48.4 Å². The normalized spacial score (nSPS) is 29.5. The van der Waals surface area contributed by atoms with Crippen LogP contribution in [0.4, 0.5) is 0 Å². The molecule has 1 aliphatic heterocycles. The first-order valence-corrected chi connectivity index (χ1v) is 4.19. The highest BCUT2D eigenvalue weighted by Gasteiger charge is 2.26. The third-order valence-corrected chi connectivity index (χ3v) is 2.11. The summed E-state index contributed by atoms with van der Waals surface area (Å²) in [4.78, 5) is 0. The van der Waals surface area contributed by atoms with E-state index in [0.717, 1.165) is 17.9 Å². The van der Waals surface area contributed by atoms with Crippen LogP contribution in [-0.2, 0) is 4.74 Å². The molecule has 0 saturated carbocycles. The van der Waals surface area contributed by atoms with Crippen molar-refractivity contribution in [3.63, 3.8) is 0 Å². The van der Waals surface area contributed by atoms with Crippen molar-refractivity contribution >= 4 is 0 Å². The fraction of sp³-hybridized carbons (Fsp3) is 0.556. The zero-order valence-electron chi connectivity index (χ0n) is 7.12. The van der Waals surface area contributed by atoms with Crippen molar-refractivity contribution in [1.82, 2.24) is 0 Å². The predicted octanol–water partition coefficient (Wildman–Crippen LogP) is 1.38. The van der Waals surface area contributed by atoms with Gasteiger partial charge in [-0.3, -0.25) is 0 Å². The maximum atomic E-state index is 5.70. The largest absolute Gasteiger partial charge is 0.464 e. The lowest BCUT2D eigenvalue weighted by Crippen LogP contribution is -2.18. The van der Waals surface area contributed by atoms with Gasteiger partial charge in [0.1, 0.15) is 17.6 Å². The van der Waals surface area contributed by atoms with E-state index >= 15 is 0 Å². The van der Waals surface area contributed by atoms with Crippen molar-refractivity contribution in [3.05, 3.63) is 23.7 Å². The summed E-state index contributed by atoms with van der Waals surface area (Å²) < 4.78 is 10.9. The van der Waals surface area contributed by atoms with Gasteiger partial charge in [0.15, 0.2) is 0 Å². The highest BCUT2D eigenvalue weighted by molar-refractivity contribution is 5.09. The second-order valence-electron chi connectivity index (χ2n) is 3.27. The maximum absolute atomic E-state index is 5.70. The van der Waals surface area contributed by atoms with E-state index in [2.05, 4.69) is 0 Å². The molecular formula is C9H13NO2. The molecule has 2 heterocycles. The van der Waals surface area contributed by atoms with Gasteiger partial charge in [-0.15, -0.1) is 0 Å². The van der Waals surface area contributed by atoms with Crippen molar-refractivity contribution in [2.24, 2.45) is 5.73 Å². The SMILES string of the molecule is Cc1ccc(C2CC(N)CO2)o1. The number of hydrogen-bond acceptors (Lipinski definition) is 3. The molecule has 1 aliphatic rings. The second kappa shape index (κ2) is 2.92. The van der Waals surface area contributed by atoms with E-state index in [1.165, 1.54) is 0 Å². The standard InChI is InChI=1S/C9H13NO2/c1-6-2-3-8(12-6)9-4-7(10)5-11-9/h2-3,7,9H,4-5,10H2,1H3. The van der Waals surface area contributed by atoms with E-state index in [-0.39, 0.29) is 12.1 Å². The van der Waals surface area contributed by atoms with Crippen LogP contribution in [0.15, 0.2) is 16.5 Å². The lowest BCUT2D eigenvalue weighted by atomic mass is 10.1. The van der Waals surface area contributed by atoms with Crippen molar-refractivity contribution in [1.29, 1.82) is 0 Å². The fourth-order valence-corrected chi connectivity index (χ4v) is 1.48. The van der Waals surface area contributed by atoms with Gasteiger partial charge < -0.3 is 14.9 Å². The average Bonchev–Trinajstić information content (AvgIpc) is 2.58. The zero-order chi connectivity index (χ0) is 8.55. The molecule has 0 bridgehead atoms. The molecule has 2 N–H and O–H groups in total. The molecule has 66 valence electrons. The second-order valence-corrected chi connectivity index (χ2v) is 3.27. The Hall–Kier alpha value is -0.800. The minimum Gasteiger partial charge on any atom is -0.464 e. The molecule has 1 aromatic rings. The molecule has 2 rings (SSSR count). The Bertz CT molecular complexity index is 269. The molecular weight excluding hydrogens is 154 g/mol. The van der Waals surface area contributed by atoms with Gasteiger partial charge in [0, 0.05) is 6.04 Å². The minimum absolute atomic E-state index is 0.0775. The number of rotatable bonds is 1. The van der Waals surface area contributed by atoms with Gasteiger partial charge in [0.05, 0.1) is 6.61 Å². The number of aryl methyl sites for hydroxylation is 1. The van der Waals surface area contributed by atoms with Crippen LogP contribution in [0.1, 0.15) is 24.0 Å². The van der Waals surface area contributed by atoms with Crippen LogP contribution in [0.5, 0.6) is 0 Å². The van der Waals surface area contributed by atoms with E-state index < -0.39 is 0 Å². The lowest BCUT2D eigenvalue weighted by Gasteiger charge is -2.03. The molecule has 0 amide bonds. The van der Waals surface area contributed by atoms with E-state index in [4.69, 9.17) is 14.9 Å². The lowest BCUT2D eigenvalue weighted by molar-refractivity contribution is 0.0917. The van der Waals surface area contributed by atoms with Crippen molar-refractivity contribution in [2.75, 3.05) is 6.61 Å². The van der Waals surface area contributed by atoms with Crippen LogP contribution in [0.25, 0.3) is 0 Å². The smallest absolute Gasteiger partial charge is 0.132 e. The summed E-state index contributed by atoms with van der Waals surface area (Å²) in [5.74, 6) is 1.83. The molecule has 3 heteroatoms. The first-order valence-electron chi connectivity index (χ1n) is 4.19. The van der Waals surface area contributed by atoms with Gasteiger partial charge >= 0.3 is 0 Å². The van der Waals surface area contributed by atoms with Crippen LogP contribution in [0, 0.1) is 6.92 Å². The van der Waals surface area contributed by atoms with Crippen molar-refractivity contribution < 1.29 is 9.15 Å². The monoisotopic (exact) mass is 167 g/mol. The molecule has 1 fully saturated rings. The number of nitrogens with two attached hydrogens (primary N) is 1. The van der Waals surface area contributed by atoms with Gasteiger partial charge in [0.2, 0.25) is 0 Å². The maximum Gasteiger partial charge on any atom is 0.132 e. The summed E-state index contributed by atoms with van der Waals surface area (Å²) >= 11 is 0. The fourth-order valence-electron chi connectivity index (χ4n) is 1.48. The first-order chi connectivity index (χ1) is 5.75. The third-order valence-electron chi connectivity index (χ3n) is 2.11. The van der Waals surface area contributed by atoms with Crippen molar-refractivity contribution in [2.45, 2.75) is 25.5 Å². The summed E-state index contributed by atoms with van der Waals surface area (Å²) in [5.41, 5.74) is 5.70. The quantitative estimate of drug-likeness (QED) is 0.687. The highest BCUT2D eigenvalue weighted by Crippen LogP contribution is 2.28. The number of furan rings is 1. The summed E-state index contributed by atoms with van der Waals surface area (Å²) in [6.45, 7) is 2.57. The molecule has 2 unspecified atom stereocenters. The molecule has 0 radical (unpaired) electrons. The molecule has 1 aromatic heterocycles. The van der Waals surface area contributed by atoms with Crippen LogP contribution in [-0.4, -0.2) is 12.6 Å². The summed E-state index contributed by atoms with van der Waals surface area (Å²) in [6, 6.07) is 4.07. The number of hydrogen-bond donors (Lipinski definition) is 1. The van der Waals surface area contributed by atoms with Crippen LogP contribution in [0.2, 0.25) is 0 Å². The molecule has 12 heavy (non-hydrogen) atoms. The Kier molecular flexibility index (Phi) is 1.90. The van der Waals surface area contributed by atoms with E-state index in [0.29, 0.717) is 6.61 Å². The molecule has 0 aliphatic carbocycles. The van der Waals surface area contributed by atoms with E-state index in [9.17, 15) is 0 Å². The molecule has 1 saturated heterocycles. The number of ether oxygens (including phenoxy) is 1. The summed E-state index contributed by atoms with van der Waals surface area (Å²) in [6.07, 6.45) is 0.946.